The predicted octanol–water partition coefficient (Wildman–Crippen LogP) is 18.7. The summed E-state index contributed by atoms with van der Waals surface area (Å²) in [5.41, 5.74) is 0. The average molecular weight is 893 g/mol. The van der Waals surface area contributed by atoms with Gasteiger partial charge in [0.05, 0.1) is 6.61 Å². The molecule has 5 nitrogen and oxygen atoms in total. The first-order valence-corrected chi connectivity index (χ1v) is 27.5. The Bertz CT molecular complexity index is 1150. The second-order valence-corrected chi connectivity index (χ2v) is 18.1. The Morgan fingerprint density at radius 2 is 0.734 bits per heavy atom. The quantitative estimate of drug-likeness (QED) is 0.0346. The maximum atomic E-state index is 12.8. The van der Waals surface area contributed by atoms with Crippen LogP contribution in [0.5, 0.6) is 0 Å². The van der Waals surface area contributed by atoms with Crippen molar-refractivity contribution in [3.8, 4) is 0 Å². The van der Waals surface area contributed by atoms with Crippen molar-refractivity contribution in [2.24, 2.45) is 0 Å². The summed E-state index contributed by atoms with van der Waals surface area (Å²) in [6.07, 6.45) is 70.6. The van der Waals surface area contributed by atoms with E-state index in [4.69, 9.17) is 14.2 Å². The molecule has 0 amide bonds. The van der Waals surface area contributed by atoms with E-state index in [9.17, 15) is 9.59 Å². The molecule has 0 spiro atoms. The van der Waals surface area contributed by atoms with Crippen molar-refractivity contribution in [3.05, 3.63) is 72.9 Å². The third kappa shape index (κ3) is 52.0. The van der Waals surface area contributed by atoms with E-state index in [2.05, 4.69) is 93.7 Å². The van der Waals surface area contributed by atoms with Crippen LogP contribution in [0.3, 0.4) is 0 Å². The van der Waals surface area contributed by atoms with Crippen LogP contribution < -0.4 is 0 Å². The van der Waals surface area contributed by atoms with E-state index in [1.807, 2.05) is 0 Å². The van der Waals surface area contributed by atoms with Crippen LogP contribution >= 0.6 is 0 Å². The van der Waals surface area contributed by atoms with E-state index in [0.29, 0.717) is 19.4 Å². The second kappa shape index (κ2) is 54.7. The SMILES string of the molecule is CC/C=C\C/C=C\C/C=C\C/C=C\CCCCCCCCC(=O)OCC(COCCCCCCCCCCCCCCCCCC)OC(=O)CCCCCCC/C=C\C/C=C\CCC. The number of unbranched alkanes of at least 4 members (excludes halogenated alkanes) is 27. The molecule has 64 heavy (non-hydrogen) atoms. The highest BCUT2D eigenvalue weighted by Gasteiger charge is 2.17. The van der Waals surface area contributed by atoms with Gasteiger partial charge in [0.1, 0.15) is 6.61 Å². The Balaban J connectivity index is 4.28. The van der Waals surface area contributed by atoms with Crippen molar-refractivity contribution in [3.63, 3.8) is 0 Å². The largest absolute Gasteiger partial charge is 0.462 e. The first-order valence-electron chi connectivity index (χ1n) is 27.5. The van der Waals surface area contributed by atoms with Crippen LogP contribution in [-0.2, 0) is 23.8 Å². The number of allylic oxidation sites excluding steroid dienone is 12. The maximum Gasteiger partial charge on any atom is 0.306 e. The number of esters is 2. The Morgan fingerprint density at radius 3 is 1.19 bits per heavy atom. The number of hydrogen-bond acceptors (Lipinski definition) is 5. The molecule has 0 heterocycles. The number of rotatable bonds is 50. The molecule has 1 atom stereocenters. The van der Waals surface area contributed by atoms with Gasteiger partial charge in [0.2, 0.25) is 0 Å². The van der Waals surface area contributed by atoms with E-state index in [1.165, 1.54) is 135 Å². The van der Waals surface area contributed by atoms with Gasteiger partial charge in [0, 0.05) is 19.4 Å². The molecular formula is C59H104O5. The zero-order valence-corrected chi connectivity index (χ0v) is 42.5. The van der Waals surface area contributed by atoms with Crippen LogP contribution in [0.15, 0.2) is 72.9 Å². The highest BCUT2D eigenvalue weighted by atomic mass is 16.6. The standard InChI is InChI=1S/C59H104O5/c1-4-7-10-13-16-19-22-25-27-29-30-31-32-35-37-40-43-46-49-52-58(60)63-56-57(64-59(61)53-50-47-44-41-38-34-24-21-18-15-12-9-6-3)55-62-54-51-48-45-42-39-36-33-28-26-23-20-17-14-11-8-5-2/h7,10,12,15-16,19,21,24-25,27,30-31,57H,4-6,8-9,11,13-14,17-18,20,22-23,26,28-29,32-56H2,1-3H3/b10-7-,15-12-,19-16-,24-21-,27-25-,31-30-. The lowest BCUT2D eigenvalue weighted by atomic mass is 10.0. The van der Waals surface area contributed by atoms with Crippen molar-refractivity contribution in [1.82, 2.24) is 0 Å². The van der Waals surface area contributed by atoms with Gasteiger partial charge < -0.3 is 14.2 Å². The molecule has 0 bridgehead atoms. The van der Waals surface area contributed by atoms with Gasteiger partial charge in [0.25, 0.3) is 0 Å². The molecule has 370 valence electrons. The smallest absolute Gasteiger partial charge is 0.306 e. The summed E-state index contributed by atoms with van der Waals surface area (Å²) in [6, 6.07) is 0. The van der Waals surface area contributed by atoms with Crippen molar-refractivity contribution in [2.75, 3.05) is 19.8 Å². The first-order chi connectivity index (χ1) is 31.6. The Kier molecular flexibility index (Phi) is 52.4. The summed E-state index contributed by atoms with van der Waals surface area (Å²) in [4.78, 5) is 25.4. The Hall–Kier alpha value is -2.66. The summed E-state index contributed by atoms with van der Waals surface area (Å²) >= 11 is 0. The molecule has 0 aliphatic rings. The summed E-state index contributed by atoms with van der Waals surface area (Å²) in [6.45, 7) is 7.65. The molecule has 0 saturated heterocycles. The van der Waals surface area contributed by atoms with Crippen LogP contribution in [0.25, 0.3) is 0 Å². The first kappa shape index (κ1) is 61.3. The summed E-state index contributed by atoms with van der Waals surface area (Å²) in [5, 5.41) is 0. The summed E-state index contributed by atoms with van der Waals surface area (Å²) in [5.74, 6) is -0.422. The molecule has 0 radical (unpaired) electrons. The summed E-state index contributed by atoms with van der Waals surface area (Å²) < 4.78 is 17.4. The second-order valence-electron chi connectivity index (χ2n) is 18.1. The summed E-state index contributed by atoms with van der Waals surface area (Å²) in [7, 11) is 0. The van der Waals surface area contributed by atoms with Crippen LogP contribution in [-0.4, -0.2) is 37.9 Å². The van der Waals surface area contributed by atoms with Crippen molar-refractivity contribution in [2.45, 2.75) is 271 Å². The van der Waals surface area contributed by atoms with Crippen molar-refractivity contribution in [1.29, 1.82) is 0 Å². The number of hydrogen-bond donors (Lipinski definition) is 0. The third-order valence-corrected chi connectivity index (χ3v) is 11.7. The monoisotopic (exact) mass is 893 g/mol. The highest BCUT2D eigenvalue weighted by Crippen LogP contribution is 2.15. The van der Waals surface area contributed by atoms with Crippen LogP contribution in [0.4, 0.5) is 0 Å². The zero-order chi connectivity index (χ0) is 46.3. The van der Waals surface area contributed by atoms with Gasteiger partial charge in [-0.05, 0) is 83.5 Å². The van der Waals surface area contributed by atoms with E-state index >= 15 is 0 Å². The lowest BCUT2D eigenvalue weighted by Gasteiger charge is -2.18. The molecule has 0 aliphatic heterocycles. The number of carbonyl (C=O) groups excluding carboxylic acids is 2. The third-order valence-electron chi connectivity index (χ3n) is 11.7. The molecule has 1 unspecified atom stereocenters. The Morgan fingerprint density at radius 1 is 0.359 bits per heavy atom. The maximum absolute atomic E-state index is 12.8. The van der Waals surface area contributed by atoms with Gasteiger partial charge in [-0.2, -0.15) is 0 Å². The number of ether oxygens (including phenoxy) is 3. The van der Waals surface area contributed by atoms with Gasteiger partial charge in [-0.1, -0.05) is 241 Å². The van der Waals surface area contributed by atoms with Crippen molar-refractivity contribution < 1.29 is 23.8 Å². The zero-order valence-electron chi connectivity index (χ0n) is 42.5. The van der Waals surface area contributed by atoms with Gasteiger partial charge in [-0.25, -0.2) is 0 Å². The van der Waals surface area contributed by atoms with Crippen LogP contribution in [0.1, 0.15) is 265 Å². The molecule has 0 saturated carbocycles. The van der Waals surface area contributed by atoms with E-state index < -0.39 is 6.10 Å². The van der Waals surface area contributed by atoms with E-state index in [1.54, 1.807) is 0 Å². The molecule has 0 aromatic rings. The minimum atomic E-state index is -0.550. The Labute approximate surface area is 397 Å². The molecular weight excluding hydrogens is 789 g/mol. The van der Waals surface area contributed by atoms with Crippen molar-refractivity contribution >= 4 is 11.9 Å². The topological polar surface area (TPSA) is 61.8 Å². The van der Waals surface area contributed by atoms with Crippen LogP contribution in [0.2, 0.25) is 0 Å². The highest BCUT2D eigenvalue weighted by molar-refractivity contribution is 5.70. The van der Waals surface area contributed by atoms with Gasteiger partial charge in [0.15, 0.2) is 6.10 Å². The van der Waals surface area contributed by atoms with Gasteiger partial charge >= 0.3 is 11.9 Å². The molecule has 0 rings (SSSR count). The average Bonchev–Trinajstić information content (AvgIpc) is 3.30. The lowest BCUT2D eigenvalue weighted by molar-refractivity contribution is -0.163. The predicted molar refractivity (Wildman–Crippen MR) is 279 cm³/mol. The van der Waals surface area contributed by atoms with E-state index in [-0.39, 0.29) is 25.2 Å². The molecule has 0 aliphatic carbocycles. The molecule has 0 fully saturated rings. The minimum Gasteiger partial charge on any atom is -0.462 e. The fraction of sp³-hybridized carbons (Fsp3) is 0.763. The van der Waals surface area contributed by atoms with Gasteiger partial charge in [-0.3, -0.25) is 9.59 Å². The lowest BCUT2D eigenvalue weighted by Crippen LogP contribution is -2.30. The minimum absolute atomic E-state index is 0.0722. The van der Waals surface area contributed by atoms with Crippen LogP contribution in [0, 0.1) is 0 Å². The number of carbonyl (C=O) groups is 2. The molecule has 0 aromatic carbocycles. The normalized spacial score (nSPS) is 12.7. The van der Waals surface area contributed by atoms with E-state index in [0.717, 1.165) is 96.3 Å². The molecule has 0 N–H and O–H groups in total. The fourth-order valence-electron chi connectivity index (χ4n) is 7.66. The van der Waals surface area contributed by atoms with Gasteiger partial charge in [-0.15, -0.1) is 0 Å². The fourth-order valence-corrected chi connectivity index (χ4v) is 7.66. The molecule has 5 heteroatoms. The molecule has 0 aromatic heterocycles.